The normalized spacial score (nSPS) is 10.3. The molecular formula is C10H11N3OS. The first-order valence-electron chi connectivity index (χ1n) is 4.51. The van der Waals surface area contributed by atoms with E-state index in [9.17, 15) is 5.11 Å². The highest BCUT2D eigenvalue weighted by Crippen LogP contribution is 2.35. The van der Waals surface area contributed by atoms with Crippen molar-refractivity contribution in [2.45, 2.75) is 6.92 Å². The number of aryl methyl sites for hydroxylation is 1. The van der Waals surface area contributed by atoms with E-state index in [4.69, 9.17) is 0 Å². The van der Waals surface area contributed by atoms with Gasteiger partial charge in [-0.1, -0.05) is 11.3 Å². The van der Waals surface area contributed by atoms with E-state index in [0.29, 0.717) is 5.00 Å². The summed E-state index contributed by atoms with van der Waals surface area (Å²) < 4.78 is 0. The van der Waals surface area contributed by atoms with Gasteiger partial charge in [-0.3, -0.25) is 4.98 Å². The number of anilines is 1. The summed E-state index contributed by atoms with van der Waals surface area (Å²) in [6, 6.07) is 3.87. The molecule has 4 nitrogen and oxygen atoms in total. The van der Waals surface area contributed by atoms with Crippen LogP contribution < -0.4 is 5.32 Å². The first-order chi connectivity index (χ1) is 7.20. The highest BCUT2D eigenvalue weighted by molar-refractivity contribution is 7.19. The van der Waals surface area contributed by atoms with Gasteiger partial charge in [0.05, 0.1) is 0 Å². The predicted octanol–water partition coefficient (Wildman–Crippen LogP) is 2.26. The number of thiazole rings is 1. The van der Waals surface area contributed by atoms with Gasteiger partial charge in [-0.05, 0) is 19.1 Å². The Morgan fingerprint density at radius 2 is 2.20 bits per heavy atom. The van der Waals surface area contributed by atoms with Crippen molar-refractivity contribution < 1.29 is 5.11 Å². The second-order valence-corrected chi connectivity index (χ2v) is 4.11. The van der Waals surface area contributed by atoms with Crippen LogP contribution in [0.25, 0.3) is 10.6 Å². The van der Waals surface area contributed by atoms with Gasteiger partial charge < -0.3 is 10.4 Å². The summed E-state index contributed by atoms with van der Waals surface area (Å²) in [4.78, 5) is 8.24. The standard InChI is InChI=1S/C10H11N3OS/c1-6-3-4-7(5-12-6)9-13-8(14)10(11-2)15-9/h3-5,11,14H,1-2H3. The number of nitrogens with one attached hydrogen (secondary N) is 1. The summed E-state index contributed by atoms with van der Waals surface area (Å²) >= 11 is 1.41. The van der Waals surface area contributed by atoms with Gasteiger partial charge >= 0.3 is 0 Å². The molecule has 2 heterocycles. The Hall–Kier alpha value is -1.62. The minimum atomic E-state index is 0.0399. The first-order valence-corrected chi connectivity index (χ1v) is 5.33. The number of hydrogen-bond acceptors (Lipinski definition) is 5. The van der Waals surface area contributed by atoms with Crippen LogP contribution in [0.5, 0.6) is 5.88 Å². The summed E-state index contributed by atoms with van der Waals surface area (Å²) in [5, 5.41) is 13.8. The molecule has 2 rings (SSSR count). The van der Waals surface area contributed by atoms with Gasteiger partial charge in [-0.15, -0.1) is 0 Å². The third-order valence-electron chi connectivity index (χ3n) is 1.99. The Morgan fingerprint density at radius 1 is 1.40 bits per heavy atom. The van der Waals surface area contributed by atoms with E-state index in [1.165, 1.54) is 11.3 Å². The molecule has 0 radical (unpaired) electrons. The van der Waals surface area contributed by atoms with Crippen molar-refractivity contribution in [1.29, 1.82) is 0 Å². The van der Waals surface area contributed by atoms with Gasteiger partial charge in [0.2, 0.25) is 5.88 Å². The van der Waals surface area contributed by atoms with E-state index < -0.39 is 0 Å². The number of rotatable bonds is 2. The van der Waals surface area contributed by atoms with E-state index in [-0.39, 0.29) is 5.88 Å². The van der Waals surface area contributed by atoms with Crippen LogP contribution in [0.3, 0.4) is 0 Å². The van der Waals surface area contributed by atoms with Crippen molar-refractivity contribution in [2.24, 2.45) is 0 Å². The minimum absolute atomic E-state index is 0.0399. The molecule has 0 aliphatic heterocycles. The third kappa shape index (κ3) is 1.92. The molecule has 0 atom stereocenters. The Labute approximate surface area is 91.6 Å². The maximum absolute atomic E-state index is 9.46. The van der Waals surface area contributed by atoms with Crippen molar-refractivity contribution in [2.75, 3.05) is 12.4 Å². The smallest absolute Gasteiger partial charge is 0.247 e. The Kier molecular flexibility index (Phi) is 2.55. The monoisotopic (exact) mass is 221 g/mol. The fraction of sp³-hybridized carbons (Fsp3) is 0.200. The Bertz CT molecular complexity index is 464. The average molecular weight is 221 g/mol. The lowest BCUT2D eigenvalue weighted by atomic mass is 10.3. The quantitative estimate of drug-likeness (QED) is 0.816. The number of pyridine rings is 1. The van der Waals surface area contributed by atoms with Crippen LogP contribution in [0.2, 0.25) is 0 Å². The largest absolute Gasteiger partial charge is 0.491 e. The molecule has 0 spiro atoms. The molecule has 0 aromatic carbocycles. The fourth-order valence-electron chi connectivity index (χ4n) is 1.19. The molecule has 2 aromatic rings. The molecule has 0 amide bonds. The fourth-order valence-corrected chi connectivity index (χ4v) is 2.00. The molecule has 0 bridgehead atoms. The predicted molar refractivity (Wildman–Crippen MR) is 61.3 cm³/mol. The first kappa shape index (κ1) is 9.92. The van der Waals surface area contributed by atoms with Crippen molar-refractivity contribution in [3.63, 3.8) is 0 Å². The van der Waals surface area contributed by atoms with Gasteiger partial charge in [0.1, 0.15) is 5.01 Å². The van der Waals surface area contributed by atoms with E-state index in [2.05, 4.69) is 15.3 Å². The van der Waals surface area contributed by atoms with Crippen LogP contribution in [0.4, 0.5) is 5.00 Å². The van der Waals surface area contributed by atoms with Crippen LogP contribution in [0.1, 0.15) is 5.69 Å². The zero-order chi connectivity index (χ0) is 10.8. The number of hydrogen-bond donors (Lipinski definition) is 2. The summed E-state index contributed by atoms with van der Waals surface area (Å²) in [7, 11) is 1.75. The van der Waals surface area contributed by atoms with Crippen molar-refractivity contribution in [3.05, 3.63) is 24.0 Å². The van der Waals surface area contributed by atoms with Gasteiger partial charge in [-0.2, -0.15) is 4.98 Å². The number of nitrogens with zero attached hydrogens (tertiary/aromatic N) is 2. The minimum Gasteiger partial charge on any atom is -0.491 e. The average Bonchev–Trinajstić information content (AvgIpc) is 2.61. The molecule has 78 valence electrons. The molecule has 5 heteroatoms. The summed E-state index contributed by atoms with van der Waals surface area (Å²) in [5.41, 5.74) is 1.88. The molecule has 15 heavy (non-hydrogen) atoms. The molecule has 0 aliphatic carbocycles. The molecule has 0 aliphatic rings. The Balaban J connectivity index is 2.41. The lowest BCUT2D eigenvalue weighted by Crippen LogP contribution is -1.82. The van der Waals surface area contributed by atoms with Gasteiger partial charge in [0.15, 0.2) is 5.00 Å². The lowest BCUT2D eigenvalue weighted by molar-refractivity contribution is 0.460. The van der Waals surface area contributed by atoms with E-state index >= 15 is 0 Å². The molecule has 0 saturated carbocycles. The van der Waals surface area contributed by atoms with E-state index in [0.717, 1.165) is 16.3 Å². The molecule has 2 aromatic heterocycles. The molecule has 0 unspecified atom stereocenters. The van der Waals surface area contributed by atoms with Crippen LogP contribution in [0.15, 0.2) is 18.3 Å². The molecule has 2 N–H and O–H groups in total. The summed E-state index contributed by atoms with van der Waals surface area (Å²) in [5.74, 6) is 0.0399. The zero-order valence-electron chi connectivity index (χ0n) is 8.48. The molecule has 0 saturated heterocycles. The van der Waals surface area contributed by atoms with Gasteiger partial charge in [-0.25, -0.2) is 0 Å². The van der Waals surface area contributed by atoms with Crippen molar-refractivity contribution in [3.8, 4) is 16.5 Å². The van der Waals surface area contributed by atoms with Crippen LogP contribution in [-0.2, 0) is 0 Å². The second-order valence-electron chi connectivity index (χ2n) is 3.11. The molecule has 0 fully saturated rings. The number of aromatic hydroxyl groups is 1. The van der Waals surface area contributed by atoms with E-state index in [1.807, 2.05) is 19.1 Å². The van der Waals surface area contributed by atoms with Gasteiger partial charge in [0.25, 0.3) is 0 Å². The second kappa shape index (κ2) is 3.86. The lowest BCUT2D eigenvalue weighted by Gasteiger charge is -1.95. The summed E-state index contributed by atoms with van der Waals surface area (Å²) in [6.45, 7) is 1.93. The van der Waals surface area contributed by atoms with Crippen LogP contribution >= 0.6 is 11.3 Å². The van der Waals surface area contributed by atoms with E-state index in [1.54, 1.807) is 13.2 Å². The maximum atomic E-state index is 9.46. The molecular weight excluding hydrogens is 210 g/mol. The third-order valence-corrected chi connectivity index (χ3v) is 3.11. The van der Waals surface area contributed by atoms with Gasteiger partial charge in [0, 0.05) is 24.5 Å². The topological polar surface area (TPSA) is 58.0 Å². The van der Waals surface area contributed by atoms with Crippen LogP contribution in [-0.4, -0.2) is 22.1 Å². The van der Waals surface area contributed by atoms with Crippen molar-refractivity contribution >= 4 is 16.3 Å². The number of aromatic nitrogens is 2. The van der Waals surface area contributed by atoms with Crippen LogP contribution in [0, 0.1) is 6.92 Å². The highest BCUT2D eigenvalue weighted by atomic mass is 32.1. The zero-order valence-corrected chi connectivity index (χ0v) is 9.30. The summed E-state index contributed by atoms with van der Waals surface area (Å²) in [6.07, 6.45) is 1.76. The maximum Gasteiger partial charge on any atom is 0.247 e. The Morgan fingerprint density at radius 3 is 2.73 bits per heavy atom. The van der Waals surface area contributed by atoms with Crippen molar-refractivity contribution in [1.82, 2.24) is 9.97 Å². The SMILES string of the molecule is CNc1sc(-c2ccc(C)nc2)nc1O. The highest BCUT2D eigenvalue weighted by Gasteiger charge is 2.10.